The van der Waals surface area contributed by atoms with Crippen molar-refractivity contribution < 1.29 is 9.53 Å². The first kappa shape index (κ1) is 12.2. The lowest BCUT2D eigenvalue weighted by Crippen LogP contribution is -2.03. The van der Waals surface area contributed by atoms with Crippen LogP contribution in [-0.2, 0) is 6.61 Å². The molecule has 4 nitrogen and oxygen atoms in total. The van der Waals surface area contributed by atoms with Gasteiger partial charge in [0.15, 0.2) is 6.29 Å². The van der Waals surface area contributed by atoms with Gasteiger partial charge in [0.05, 0.1) is 5.69 Å². The van der Waals surface area contributed by atoms with Gasteiger partial charge in [-0.1, -0.05) is 6.07 Å². The van der Waals surface area contributed by atoms with E-state index in [9.17, 15) is 4.79 Å². The third-order valence-electron chi connectivity index (χ3n) is 2.62. The number of nitrogens with zero attached hydrogens (tertiary/aromatic N) is 2. The van der Waals surface area contributed by atoms with Crippen molar-refractivity contribution in [3.05, 3.63) is 53.1 Å². The highest BCUT2D eigenvalue weighted by Gasteiger charge is 2.06. The van der Waals surface area contributed by atoms with Gasteiger partial charge in [-0.05, 0) is 37.6 Å². The maximum absolute atomic E-state index is 10.9. The Bertz CT molecular complexity index is 567. The van der Waals surface area contributed by atoms with Crippen LogP contribution in [0.1, 0.15) is 27.4 Å². The van der Waals surface area contributed by atoms with Crippen molar-refractivity contribution in [3.8, 4) is 5.75 Å². The first-order valence-electron chi connectivity index (χ1n) is 5.67. The average molecular weight is 242 g/mol. The Morgan fingerprint density at radius 2 is 2.11 bits per heavy atom. The summed E-state index contributed by atoms with van der Waals surface area (Å²) in [5, 5.41) is 0. The van der Waals surface area contributed by atoms with Gasteiger partial charge in [-0.15, -0.1) is 0 Å². The van der Waals surface area contributed by atoms with Crippen molar-refractivity contribution in [1.82, 2.24) is 9.97 Å². The minimum atomic E-state index is 0.323. The van der Waals surface area contributed by atoms with Crippen LogP contribution in [0.4, 0.5) is 0 Å². The van der Waals surface area contributed by atoms with E-state index in [0.717, 1.165) is 17.0 Å². The van der Waals surface area contributed by atoms with Crippen LogP contribution < -0.4 is 4.74 Å². The summed E-state index contributed by atoms with van der Waals surface area (Å²) < 4.78 is 5.59. The maximum Gasteiger partial charge on any atom is 0.172 e. The van der Waals surface area contributed by atoms with Crippen molar-refractivity contribution in [2.75, 3.05) is 0 Å². The SMILES string of the molecule is Cc1ccc(OCc2ncccc2C)c(C=O)n1. The lowest BCUT2D eigenvalue weighted by Gasteiger charge is -2.09. The Morgan fingerprint density at radius 3 is 2.83 bits per heavy atom. The molecule has 0 radical (unpaired) electrons. The molecule has 0 saturated heterocycles. The fourth-order valence-corrected chi connectivity index (χ4v) is 1.59. The van der Waals surface area contributed by atoms with Crippen molar-refractivity contribution >= 4 is 6.29 Å². The van der Waals surface area contributed by atoms with E-state index < -0.39 is 0 Å². The molecule has 0 amide bonds. The van der Waals surface area contributed by atoms with Crippen LogP contribution in [-0.4, -0.2) is 16.3 Å². The largest absolute Gasteiger partial charge is 0.485 e. The summed E-state index contributed by atoms with van der Waals surface area (Å²) >= 11 is 0. The van der Waals surface area contributed by atoms with Gasteiger partial charge in [0.25, 0.3) is 0 Å². The topological polar surface area (TPSA) is 52.1 Å². The third kappa shape index (κ3) is 2.71. The van der Waals surface area contributed by atoms with Crippen LogP contribution in [0.2, 0.25) is 0 Å². The molecular formula is C14H14N2O2. The smallest absolute Gasteiger partial charge is 0.172 e. The summed E-state index contributed by atoms with van der Waals surface area (Å²) in [6.07, 6.45) is 2.42. The molecule has 0 aromatic carbocycles. The van der Waals surface area contributed by atoms with Gasteiger partial charge in [0.2, 0.25) is 0 Å². The zero-order chi connectivity index (χ0) is 13.0. The van der Waals surface area contributed by atoms with E-state index in [0.29, 0.717) is 24.3 Å². The fourth-order valence-electron chi connectivity index (χ4n) is 1.59. The Hall–Kier alpha value is -2.23. The Kier molecular flexibility index (Phi) is 3.67. The second-order valence-corrected chi connectivity index (χ2v) is 4.01. The van der Waals surface area contributed by atoms with E-state index in [1.165, 1.54) is 0 Å². The molecule has 0 aliphatic carbocycles. The first-order valence-corrected chi connectivity index (χ1v) is 5.67. The normalized spacial score (nSPS) is 10.1. The molecular weight excluding hydrogens is 228 g/mol. The predicted octanol–water partition coefficient (Wildman–Crippen LogP) is 2.48. The minimum absolute atomic E-state index is 0.323. The maximum atomic E-state index is 10.9. The van der Waals surface area contributed by atoms with Crippen LogP contribution >= 0.6 is 0 Å². The fraction of sp³-hybridized carbons (Fsp3) is 0.214. The van der Waals surface area contributed by atoms with Crippen LogP contribution in [0.25, 0.3) is 0 Å². The highest BCUT2D eigenvalue weighted by Crippen LogP contribution is 2.17. The van der Waals surface area contributed by atoms with Crippen molar-refractivity contribution in [2.24, 2.45) is 0 Å². The predicted molar refractivity (Wildman–Crippen MR) is 67.7 cm³/mol. The van der Waals surface area contributed by atoms with Gasteiger partial charge in [-0.2, -0.15) is 0 Å². The van der Waals surface area contributed by atoms with Gasteiger partial charge in [0.1, 0.15) is 18.1 Å². The average Bonchev–Trinajstić information content (AvgIpc) is 2.39. The number of aromatic nitrogens is 2. The molecule has 0 unspecified atom stereocenters. The van der Waals surface area contributed by atoms with Crippen molar-refractivity contribution in [2.45, 2.75) is 20.5 Å². The third-order valence-corrected chi connectivity index (χ3v) is 2.62. The molecule has 0 aliphatic rings. The van der Waals surface area contributed by atoms with E-state index in [2.05, 4.69) is 9.97 Å². The Labute approximate surface area is 106 Å². The molecule has 2 aromatic rings. The molecule has 2 heterocycles. The molecule has 0 aliphatic heterocycles. The quantitative estimate of drug-likeness (QED) is 0.773. The number of rotatable bonds is 4. The molecule has 0 spiro atoms. The van der Waals surface area contributed by atoms with Crippen LogP contribution in [0.15, 0.2) is 30.5 Å². The second kappa shape index (κ2) is 5.40. The molecule has 0 atom stereocenters. The van der Waals surface area contributed by atoms with Gasteiger partial charge in [-0.3, -0.25) is 9.78 Å². The molecule has 0 saturated carbocycles. The van der Waals surface area contributed by atoms with Crippen molar-refractivity contribution in [1.29, 1.82) is 0 Å². The lowest BCUT2D eigenvalue weighted by molar-refractivity contribution is 0.111. The van der Waals surface area contributed by atoms with Crippen LogP contribution in [0.3, 0.4) is 0 Å². The number of pyridine rings is 2. The first-order chi connectivity index (χ1) is 8.70. The summed E-state index contributed by atoms with van der Waals surface area (Å²) in [6, 6.07) is 7.42. The summed E-state index contributed by atoms with van der Waals surface area (Å²) in [5.41, 5.74) is 3.03. The second-order valence-electron chi connectivity index (χ2n) is 4.01. The van der Waals surface area contributed by atoms with Gasteiger partial charge in [0, 0.05) is 11.9 Å². The summed E-state index contributed by atoms with van der Waals surface area (Å²) in [6.45, 7) is 4.14. The molecule has 0 bridgehead atoms. The number of carbonyl (C=O) groups excluding carboxylic acids is 1. The zero-order valence-electron chi connectivity index (χ0n) is 10.4. The highest BCUT2D eigenvalue weighted by molar-refractivity contribution is 5.76. The minimum Gasteiger partial charge on any atom is -0.485 e. The van der Waals surface area contributed by atoms with Gasteiger partial charge < -0.3 is 4.74 Å². The van der Waals surface area contributed by atoms with E-state index >= 15 is 0 Å². The zero-order valence-corrected chi connectivity index (χ0v) is 10.4. The Morgan fingerprint density at radius 1 is 1.28 bits per heavy atom. The summed E-state index contributed by atoms with van der Waals surface area (Å²) in [5.74, 6) is 0.487. The lowest BCUT2D eigenvalue weighted by atomic mass is 10.2. The molecule has 18 heavy (non-hydrogen) atoms. The standard InChI is InChI=1S/C14H14N2O2/c1-10-4-3-7-15-13(10)9-18-14-6-5-11(2)16-12(14)8-17/h3-8H,9H2,1-2H3. The number of hydrogen-bond donors (Lipinski definition) is 0. The molecule has 0 fully saturated rings. The van der Waals surface area contributed by atoms with E-state index in [1.807, 2.05) is 32.0 Å². The molecule has 0 N–H and O–H groups in total. The number of ether oxygens (including phenoxy) is 1. The molecule has 4 heteroatoms. The van der Waals surface area contributed by atoms with Crippen LogP contribution in [0.5, 0.6) is 5.75 Å². The van der Waals surface area contributed by atoms with E-state index in [4.69, 9.17) is 4.74 Å². The Balaban J connectivity index is 2.16. The number of hydrogen-bond acceptors (Lipinski definition) is 4. The molecule has 2 aromatic heterocycles. The monoisotopic (exact) mass is 242 g/mol. The summed E-state index contributed by atoms with van der Waals surface area (Å²) in [7, 11) is 0. The number of aldehydes is 1. The van der Waals surface area contributed by atoms with Crippen LogP contribution in [0, 0.1) is 13.8 Å². The van der Waals surface area contributed by atoms with Crippen molar-refractivity contribution in [3.63, 3.8) is 0 Å². The van der Waals surface area contributed by atoms with Gasteiger partial charge in [-0.25, -0.2) is 4.98 Å². The number of aryl methyl sites for hydroxylation is 2. The summed E-state index contributed by atoms with van der Waals surface area (Å²) in [4.78, 5) is 19.2. The van der Waals surface area contributed by atoms with E-state index in [1.54, 1.807) is 12.3 Å². The van der Waals surface area contributed by atoms with E-state index in [-0.39, 0.29) is 0 Å². The highest BCUT2D eigenvalue weighted by atomic mass is 16.5. The number of carbonyl (C=O) groups is 1. The molecule has 92 valence electrons. The van der Waals surface area contributed by atoms with Gasteiger partial charge >= 0.3 is 0 Å². The molecule has 2 rings (SSSR count).